The molecule has 2 rings (SSSR count). The van der Waals surface area contributed by atoms with Crippen LogP contribution < -0.4 is 5.32 Å². The number of ether oxygens (including phenoxy) is 1. The molecule has 0 spiro atoms. The maximum absolute atomic E-state index is 5.21. The first-order valence-electron chi connectivity index (χ1n) is 4.14. The monoisotopic (exact) mass is 164 g/mol. The van der Waals surface area contributed by atoms with Crippen molar-refractivity contribution in [1.29, 1.82) is 0 Å². The summed E-state index contributed by atoms with van der Waals surface area (Å²) < 4.78 is 5.21. The molecule has 0 bridgehead atoms. The first-order chi connectivity index (χ1) is 5.86. The first-order valence-corrected chi connectivity index (χ1v) is 4.14. The van der Waals surface area contributed by atoms with Gasteiger partial charge < -0.3 is 4.74 Å². The average molecular weight is 164 g/mol. The number of rotatable bonds is 3. The highest BCUT2D eigenvalue weighted by atomic mass is 16.6. The molecule has 3 heteroatoms. The lowest BCUT2D eigenvalue weighted by atomic mass is 10.3. The van der Waals surface area contributed by atoms with Crippen LogP contribution >= 0.6 is 0 Å². The fourth-order valence-corrected chi connectivity index (χ4v) is 1.12. The molecule has 1 aromatic heterocycles. The summed E-state index contributed by atoms with van der Waals surface area (Å²) in [5, 5.41) is 3.27. The molecule has 0 aliphatic carbocycles. The largest absolute Gasteiger partial charge is 0.354 e. The molecule has 1 aliphatic rings. The molecule has 0 saturated carbocycles. The Hall–Kier alpha value is -0.930. The van der Waals surface area contributed by atoms with Crippen LogP contribution in [0.4, 0.5) is 0 Å². The van der Waals surface area contributed by atoms with E-state index in [2.05, 4.69) is 17.2 Å². The minimum Gasteiger partial charge on any atom is -0.354 e. The lowest BCUT2D eigenvalue weighted by molar-refractivity contribution is 0.349. The molecule has 12 heavy (non-hydrogen) atoms. The standard InChI is InChI=1S/C9H12N2O/c1-7-9(12-7)11-6-8-2-4-10-5-3-8/h2-5,7,9,11H,6H2,1H3. The zero-order valence-corrected chi connectivity index (χ0v) is 7.03. The van der Waals surface area contributed by atoms with E-state index in [1.165, 1.54) is 5.56 Å². The molecule has 2 unspecified atom stereocenters. The molecule has 2 heterocycles. The van der Waals surface area contributed by atoms with E-state index in [9.17, 15) is 0 Å². The molecular formula is C9H12N2O. The number of hydrogen-bond donors (Lipinski definition) is 1. The fourth-order valence-electron chi connectivity index (χ4n) is 1.12. The maximum atomic E-state index is 5.21. The van der Waals surface area contributed by atoms with E-state index in [4.69, 9.17) is 4.74 Å². The Morgan fingerprint density at radius 1 is 1.50 bits per heavy atom. The van der Waals surface area contributed by atoms with Gasteiger partial charge in [0, 0.05) is 18.9 Å². The number of hydrogen-bond acceptors (Lipinski definition) is 3. The highest BCUT2D eigenvalue weighted by Crippen LogP contribution is 2.17. The van der Waals surface area contributed by atoms with Crippen molar-refractivity contribution in [3.63, 3.8) is 0 Å². The summed E-state index contributed by atoms with van der Waals surface area (Å²) in [4.78, 5) is 3.94. The van der Waals surface area contributed by atoms with Gasteiger partial charge in [0.1, 0.15) is 6.23 Å². The summed E-state index contributed by atoms with van der Waals surface area (Å²) in [6.07, 6.45) is 4.24. The topological polar surface area (TPSA) is 37.5 Å². The third kappa shape index (κ3) is 1.81. The molecule has 0 aromatic carbocycles. The van der Waals surface area contributed by atoms with Crippen LogP contribution in [-0.2, 0) is 11.3 Å². The van der Waals surface area contributed by atoms with Crippen LogP contribution in [0.5, 0.6) is 0 Å². The minimum atomic E-state index is 0.262. The van der Waals surface area contributed by atoms with Crippen molar-refractivity contribution >= 4 is 0 Å². The summed E-state index contributed by atoms with van der Waals surface area (Å²) in [5.41, 5.74) is 1.24. The number of pyridine rings is 1. The SMILES string of the molecule is CC1OC1NCc1ccncc1. The predicted octanol–water partition coefficient (Wildman–Crippen LogP) is 0.916. The predicted molar refractivity (Wildman–Crippen MR) is 45.4 cm³/mol. The van der Waals surface area contributed by atoms with Crippen molar-refractivity contribution in [2.24, 2.45) is 0 Å². The van der Waals surface area contributed by atoms with Crippen molar-refractivity contribution in [3.8, 4) is 0 Å². The van der Waals surface area contributed by atoms with E-state index in [0.29, 0.717) is 6.10 Å². The summed E-state index contributed by atoms with van der Waals surface area (Å²) in [7, 11) is 0. The summed E-state index contributed by atoms with van der Waals surface area (Å²) in [6, 6.07) is 4.00. The lowest BCUT2D eigenvalue weighted by Crippen LogP contribution is -2.18. The Labute approximate surface area is 71.8 Å². The van der Waals surface area contributed by atoms with E-state index in [0.717, 1.165) is 6.54 Å². The molecule has 1 aliphatic heterocycles. The molecule has 2 atom stereocenters. The first kappa shape index (κ1) is 7.71. The third-order valence-electron chi connectivity index (χ3n) is 1.97. The molecule has 1 saturated heterocycles. The molecule has 1 aromatic rings. The van der Waals surface area contributed by atoms with Gasteiger partial charge >= 0.3 is 0 Å². The van der Waals surface area contributed by atoms with Crippen molar-refractivity contribution in [3.05, 3.63) is 30.1 Å². The molecule has 0 amide bonds. The van der Waals surface area contributed by atoms with E-state index in [-0.39, 0.29) is 6.23 Å². The molecule has 64 valence electrons. The van der Waals surface area contributed by atoms with Crippen LogP contribution in [0.2, 0.25) is 0 Å². The second-order valence-corrected chi connectivity index (χ2v) is 3.00. The van der Waals surface area contributed by atoms with Crippen molar-refractivity contribution in [1.82, 2.24) is 10.3 Å². The van der Waals surface area contributed by atoms with Gasteiger partial charge in [0.2, 0.25) is 0 Å². The minimum absolute atomic E-state index is 0.262. The Morgan fingerprint density at radius 2 is 2.17 bits per heavy atom. The fraction of sp³-hybridized carbons (Fsp3) is 0.444. The van der Waals surface area contributed by atoms with Gasteiger partial charge in [0.05, 0.1) is 6.10 Å². The Kier molecular flexibility index (Phi) is 2.06. The summed E-state index contributed by atoms with van der Waals surface area (Å²) in [5.74, 6) is 0. The number of epoxide rings is 1. The van der Waals surface area contributed by atoms with Gasteiger partial charge in [-0.25, -0.2) is 0 Å². The maximum Gasteiger partial charge on any atom is 0.135 e. The van der Waals surface area contributed by atoms with Gasteiger partial charge in [-0.2, -0.15) is 0 Å². The Morgan fingerprint density at radius 3 is 2.75 bits per heavy atom. The zero-order valence-electron chi connectivity index (χ0n) is 7.03. The van der Waals surface area contributed by atoms with Crippen LogP contribution in [-0.4, -0.2) is 17.3 Å². The number of nitrogens with one attached hydrogen (secondary N) is 1. The molecular weight excluding hydrogens is 152 g/mol. The Balaban J connectivity index is 1.80. The molecule has 1 fully saturated rings. The molecule has 0 radical (unpaired) electrons. The van der Waals surface area contributed by atoms with Crippen LogP contribution in [0.1, 0.15) is 12.5 Å². The summed E-state index contributed by atoms with van der Waals surface area (Å²) >= 11 is 0. The second kappa shape index (κ2) is 3.21. The van der Waals surface area contributed by atoms with Crippen molar-refractivity contribution < 1.29 is 4.74 Å². The van der Waals surface area contributed by atoms with Crippen LogP contribution in [0.15, 0.2) is 24.5 Å². The van der Waals surface area contributed by atoms with Gasteiger partial charge in [-0.3, -0.25) is 10.3 Å². The third-order valence-corrected chi connectivity index (χ3v) is 1.97. The second-order valence-electron chi connectivity index (χ2n) is 3.00. The zero-order chi connectivity index (χ0) is 8.39. The van der Waals surface area contributed by atoms with Gasteiger partial charge in [0.25, 0.3) is 0 Å². The van der Waals surface area contributed by atoms with Gasteiger partial charge in [-0.05, 0) is 24.6 Å². The Bertz CT molecular complexity index is 250. The summed E-state index contributed by atoms with van der Waals surface area (Å²) in [6.45, 7) is 2.92. The van der Waals surface area contributed by atoms with Gasteiger partial charge in [-0.1, -0.05) is 0 Å². The lowest BCUT2D eigenvalue weighted by Gasteiger charge is -1.99. The highest BCUT2D eigenvalue weighted by Gasteiger charge is 2.33. The van der Waals surface area contributed by atoms with E-state index >= 15 is 0 Å². The molecule has 1 N–H and O–H groups in total. The van der Waals surface area contributed by atoms with Crippen LogP contribution in [0, 0.1) is 0 Å². The normalized spacial score (nSPS) is 27.1. The van der Waals surface area contributed by atoms with Gasteiger partial charge in [-0.15, -0.1) is 0 Å². The van der Waals surface area contributed by atoms with E-state index in [1.54, 1.807) is 12.4 Å². The van der Waals surface area contributed by atoms with Crippen LogP contribution in [0.3, 0.4) is 0 Å². The quantitative estimate of drug-likeness (QED) is 0.675. The van der Waals surface area contributed by atoms with E-state index < -0.39 is 0 Å². The molecule has 3 nitrogen and oxygen atoms in total. The smallest absolute Gasteiger partial charge is 0.135 e. The van der Waals surface area contributed by atoms with E-state index in [1.807, 2.05) is 12.1 Å². The number of aromatic nitrogens is 1. The highest BCUT2D eigenvalue weighted by molar-refractivity contribution is 5.09. The van der Waals surface area contributed by atoms with Gasteiger partial charge in [0.15, 0.2) is 0 Å². The van der Waals surface area contributed by atoms with Crippen molar-refractivity contribution in [2.45, 2.75) is 25.8 Å². The average Bonchev–Trinajstić information content (AvgIpc) is 2.81. The van der Waals surface area contributed by atoms with Crippen molar-refractivity contribution in [2.75, 3.05) is 0 Å². The van der Waals surface area contributed by atoms with Crippen LogP contribution in [0.25, 0.3) is 0 Å². The number of nitrogens with zero attached hydrogens (tertiary/aromatic N) is 1.